The van der Waals surface area contributed by atoms with Crippen molar-refractivity contribution in [2.45, 2.75) is 31.8 Å². The van der Waals surface area contributed by atoms with Crippen molar-refractivity contribution < 1.29 is 13.2 Å². The molecule has 2 unspecified atom stereocenters. The highest BCUT2D eigenvalue weighted by atomic mass is 32.2. The Balaban J connectivity index is 1.57. The van der Waals surface area contributed by atoms with Crippen molar-refractivity contribution in [1.82, 2.24) is 15.3 Å². The third kappa shape index (κ3) is 3.16. The van der Waals surface area contributed by atoms with Gasteiger partial charge in [0.05, 0.1) is 11.5 Å². The van der Waals surface area contributed by atoms with Gasteiger partial charge >= 0.3 is 0 Å². The number of hydrogen-bond donors (Lipinski definition) is 1. The number of para-hydroxylation sites is 1. The zero-order chi connectivity index (χ0) is 18.3. The summed E-state index contributed by atoms with van der Waals surface area (Å²) >= 11 is 0. The minimum atomic E-state index is -3.04. The van der Waals surface area contributed by atoms with E-state index in [1.54, 1.807) is 12.3 Å². The zero-order valence-electron chi connectivity index (χ0n) is 14.4. The average molecular weight is 372 g/mol. The van der Waals surface area contributed by atoms with Gasteiger partial charge in [0.15, 0.2) is 9.84 Å². The van der Waals surface area contributed by atoms with Crippen LogP contribution < -0.4 is 10.2 Å². The van der Waals surface area contributed by atoms with Crippen LogP contribution >= 0.6 is 0 Å². The molecule has 1 N–H and O–H groups in total. The normalized spacial score (nSPS) is 23.7. The Morgan fingerprint density at radius 2 is 2.08 bits per heavy atom. The molecule has 0 bridgehead atoms. The van der Waals surface area contributed by atoms with Gasteiger partial charge < -0.3 is 10.2 Å². The van der Waals surface area contributed by atoms with Gasteiger partial charge in [-0.05, 0) is 37.5 Å². The van der Waals surface area contributed by atoms with E-state index < -0.39 is 9.84 Å². The molecular formula is C18H20N4O3S. The second kappa shape index (κ2) is 6.35. The standard InChI is InChI=1S/C18H20N4O3S/c1-12-10-13-4-2-3-5-16(13)22(12)18-19-8-6-15(21-18)17(23)20-14-7-9-26(24,25)11-14/h2-6,8,12,14H,7,9-11H2,1H3,(H,20,23). The van der Waals surface area contributed by atoms with Crippen LogP contribution in [0.5, 0.6) is 0 Å². The number of carbonyl (C=O) groups excluding carboxylic acids is 1. The predicted molar refractivity (Wildman–Crippen MR) is 98.3 cm³/mol. The molecule has 1 fully saturated rings. The monoisotopic (exact) mass is 372 g/mol. The summed E-state index contributed by atoms with van der Waals surface area (Å²) in [6.07, 6.45) is 2.91. The smallest absolute Gasteiger partial charge is 0.270 e. The molecule has 26 heavy (non-hydrogen) atoms. The molecular weight excluding hydrogens is 352 g/mol. The number of amides is 1. The first-order valence-electron chi connectivity index (χ1n) is 8.64. The van der Waals surface area contributed by atoms with Crippen LogP contribution in [-0.2, 0) is 16.3 Å². The van der Waals surface area contributed by atoms with Crippen molar-refractivity contribution in [2.75, 3.05) is 16.4 Å². The first-order chi connectivity index (χ1) is 12.4. The van der Waals surface area contributed by atoms with Crippen molar-refractivity contribution >= 4 is 27.4 Å². The molecule has 0 spiro atoms. The number of rotatable bonds is 3. The molecule has 1 aromatic heterocycles. The van der Waals surface area contributed by atoms with E-state index >= 15 is 0 Å². The first-order valence-corrected chi connectivity index (χ1v) is 10.5. The summed E-state index contributed by atoms with van der Waals surface area (Å²) in [4.78, 5) is 23.3. The fraction of sp³-hybridized carbons (Fsp3) is 0.389. The number of benzene rings is 1. The molecule has 1 amide bonds. The van der Waals surface area contributed by atoms with Crippen LogP contribution in [-0.4, -0.2) is 47.9 Å². The van der Waals surface area contributed by atoms with Gasteiger partial charge in [-0.1, -0.05) is 18.2 Å². The molecule has 0 saturated carbocycles. The largest absolute Gasteiger partial charge is 0.347 e. The van der Waals surface area contributed by atoms with Gasteiger partial charge in [-0.15, -0.1) is 0 Å². The van der Waals surface area contributed by atoms with Gasteiger partial charge in [-0.3, -0.25) is 4.79 Å². The number of anilines is 2. The van der Waals surface area contributed by atoms with Crippen LogP contribution in [0.3, 0.4) is 0 Å². The topological polar surface area (TPSA) is 92.3 Å². The van der Waals surface area contributed by atoms with E-state index in [0.29, 0.717) is 12.4 Å². The van der Waals surface area contributed by atoms with Crippen LogP contribution in [0.1, 0.15) is 29.4 Å². The van der Waals surface area contributed by atoms with Gasteiger partial charge in [0.1, 0.15) is 5.69 Å². The quantitative estimate of drug-likeness (QED) is 0.877. The zero-order valence-corrected chi connectivity index (χ0v) is 15.2. The van der Waals surface area contributed by atoms with E-state index in [9.17, 15) is 13.2 Å². The molecule has 4 rings (SSSR count). The van der Waals surface area contributed by atoms with Gasteiger partial charge in [0, 0.05) is 24.0 Å². The van der Waals surface area contributed by atoms with Crippen molar-refractivity contribution in [3.63, 3.8) is 0 Å². The number of aromatic nitrogens is 2. The first kappa shape index (κ1) is 17.0. The van der Waals surface area contributed by atoms with Crippen LogP contribution in [0.2, 0.25) is 0 Å². The van der Waals surface area contributed by atoms with Crippen LogP contribution in [0.4, 0.5) is 11.6 Å². The van der Waals surface area contributed by atoms with E-state index in [0.717, 1.165) is 12.1 Å². The van der Waals surface area contributed by atoms with Crippen LogP contribution in [0.15, 0.2) is 36.5 Å². The summed E-state index contributed by atoms with van der Waals surface area (Å²) in [5, 5.41) is 2.77. The highest BCUT2D eigenvalue weighted by Gasteiger charge is 2.31. The van der Waals surface area contributed by atoms with E-state index in [1.807, 2.05) is 23.1 Å². The van der Waals surface area contributed by atoms with E-state index in [1.165, 1.54) is 5.56 Å². The number of sulfone groups is 1. The lowest BCUT2D eigenvalue weighted by Crippen LogP contribution is -2.36. The van der Waals surface area contributed by atoms with Gasteiger partial charge in [0.25, 0.3) is 5.91 Å². The van der Waals surface area contributed by atoms with Crippen molar-refractivity contribution in [2.24, 2.45) is 0 Å². The van der Waals surface area contributed by atoms with E-state index in [-0.39, 0.29) is 35.2 Å². The highest BCUT2D eigenvalue weighted by Crippen LogP contribution is 2.36. The Morgan fingerprint density at radius 3 is 2.85 bits per heavy atom. The fourth-order valence-corrected chi connectivity index (χ4v) is 5.30. The van der Waals surface area contributed by atoms with Crippen LogP contribution in [0.25, 0.3) is 0 Å². The molecule has 2 aliphatic heterocycles. The summed E-state index contributed by atoms with van der Waals surface area (Å²) < 4.78 is 23.1. The molecule has 3 heterocycles. The third-order valence-electron chi connectivity index (χ3n) is 4.87. The lowest BCUT2D eigenvalue weighted by molar-refractivity contribution is 0.0936. The Bertz CT molecular complexity index is 960. The molecule has 1 aromatic carbocycles. The number of carbonyl (C=O) groups is 1. The second-order valence-electron chi connectivity index (χ2n) is 6.87. The summed E-state index contributed by atoms with van der Waals surface area (Å²) in [6.45, 7) is 2.10. The van der Waals surface area contributed by atoms with E-state index in [4.69, 9.17) is 0 Å². The summed E-state index contributed by atoms with van der Waals surface area (Å²) in [5.41, 5.74) is 2.53. The van der Waals surface area contributed by atoms with Crippen LogP contribution in [0, 0.1) is 0 Å². The predicted octanol–water partition coefficient (Wildman–Crippen LogP) is 1.48. The summed E-state index contributed by atoms with van der Waals surface area (Å²) in [7, 11) is -3.04. The second-order valence-corrected chi connectivity index (χ2v) is 9.10. The average Bonchev–Trinajstić information content (AvgIpc) is 3.12. The molecule has 1 saturated heterocycles. The lowest BCUT2D eigenvalue weighted by Gasteiger charge is -2.22. The minimum Gasteiger partial charge on any atom is -0.347 e. The number of nitrogens with zero attached hydrogens (tertiary/aromatic N) is 3. The summed E-state index contributed by atoms with van der Waals surface area (Å²) in [5.74, 6) is 0.229. The maximum Gasteiger partial charge on any atom is 0.270 e. The van der Waals surface area contributed by atoms with Gasteiger partial charge in [-0.25, -0.2) is 18.4 Å². The van der Waals surface area contributed by atoms with E-state index in [2.05, 4.69) is 28.3 Å². The maximum absolute atomic E-state index is 12.5. The molecule has 2 aliphatic rings. The molecule has 0 radical (unpaired) electrons. The Hall–Kier alpha value is -2.48. The SMILES string of the molecule is CC1Cc2ccccc2N1c1nccc(C(=O)NC2CCS(=O)(=O)C2)n1. The minimum absolute atomic E-state index is 0.00673. The lowest BCUT2D eigenvalue weighted by atomic mass is 10.1. The maximum atomic E-state index is 12.5. The highest BCUT2D eigenvalue weighted by molar-refractivity contribution is 7.91. The molecule has 0 aliphatic carbocycles. The van der Waals surface area contributed by atoms with Crippen molar-refractivity contribution in [1.29, 1.82) is 0 Å². The molecule has 136 valence electrons. The third-order valence-corrected chi connectivity index (χ3v) is 6.63. The fourth-order valence-electron chi connectivity index (χ4n) is 3.63. The molecule has 2 atom stereocenters. The Morgan fingerprint density at radius 1 is 1.27 bits per heavy atom. The molecule has 2 aromatic rings. The molecule has 8 heteroatoms. The number of hydrogen-bond acceptors (Lipinski definition) is 6. The Kier molecular flexibility index (Phi) is 4.14. The number of fused-ring (bicyclic) bond motifs is 1. The Labute approximate surface area is 152 Å². The van der Waals surface area contributed by atoms with Crippen molar-refractivity contribution in [3.8, 4) is 0 Å². The van der Waals surface area contributed by atoms with Gasteiger partial charge in [0.2, 0.25) is 5.95 Å². The molecule has 7 nitrogen and oxygen atoms in total. The summed E-state index contributed by atoms with van der Waals surface area (Å²) in [6, 6.07) is 9.50. The van der Waals surface area contributed by atoms with Crippen molar-refractivity contribution in [3.05, 3.63) is 47.8 Å². The number of nitrogens with one attached hydrogen (secondary N) is 1. The van der Waals surface area contributed by atoms with Gasteiger partial charge in [-0.2, -0.15) is 0 Å².